The van der Waals surface area contributed by atoms with Gasteiger partial charge in [-0.15, -0.1) is 0 Å². The van der Waals surface area contributed by atoms with Crippen molar-refractivity contribution in [2.45, 2.75) is 56.6 Å². The highest BCUT2D eigenvalue weighted by Crippen LogP contribution is 2.38. The smallest absolute Gasteiger partial charge is 0.0612 e. The molecule has 0 radical (unpaired) electrons. The van der Waals surface area contributed by atoms with Gasteiger partial charge in [0.1, 0.15) is 0 Å². The zero-order valence-electron chi connectivity index (χ0n) is 12.1. The largest absolute Gasteiger partial charge is 0.396 e. The van der Waals surface area contributed by atoms with E-state index in [1.165, 1.54) is 18.4 Å². The standard InChI is InChI=1S/C17H27NO2/c18-15-10-5-4-9-14(15)17(16(20)11-6-12-19)13-7-2-1-3-8-13/h1-3,7-8,14-17,19-20H,4-6,9-12,18H2/t14-,15+,16?,17?/m1/s1. The highest BCUT2D eigenvalue weighted by atomic mass is 16.3. The summed E-state index contributed by atoms with van der Waals surface area (Å²) < 4.78 is 0. The van der Waals surface area contributed by atoms with E-state index in [1.807, 2.05) is 18.2 Å². The average molecular weight is 277 g/mol. The second-order valence-electron chi connectivity index (χ2n) is 5.98. The van der Waals surface area contributed by atoms with Gasteiger partial charge in [0.25, 0.3) is 0 Å². The highest BCUT2D eigenvalue weighted by molar-refractivity contribution is 5.22. The predicted molar refractivity (Wildman–Crippen MR) is 81.4 cm³/mol. The molecule has 0 spiro atoms. The van der Waals surface area contributed by atoms with Gasteiger partial charge in [-0.05, 0) is 37.2 Å². The van der Waals surface area contributed by atoms with Crippen LogP contribution in [0.15, 0.2) is 30.3 Å². The zero-order valence-corrected chi connectivity index (χ0v) is 12.1. The minimum absolute atomic E-state index is 0.0954. The maximum absolute atomic E-state index is 10.6. The second-order valence-corrected chi connectivity index (χ2v) is 5.98. The summed E-state index contributed by atoms with van der Waals surface area (Å²) in [5.41, 5.74) is 7.50. The van der Waals surface area contributed by atoms with Crippen LogP contribution in [0, 0.1) is 5.92 Å². The van der Waals surface area contributed by atoms with Crippen LogP contribution in [0.25, 0.3) is 0 Å². The van der Waals surface area contributed by atoms with Gasteiger partial charge in [-0.3, -0.25) is 0 Å². The summed E-state index contributed by atoms with van der Waals surface area (Å²) in [5, 5.41) is 19.6. The Morgan fingerprint density at radius 3 is 2.50 bits per heavy atom. The topological polar surface area (TPSA) is 66.5 Å². The summed E-state index contributed by atoms with van der Waals surface area (Å²) in [7, 11) is 0. The lowest BCUT2D eigenvalue weighted by molar-refractivity contribution is 0.0793. The van der Waals surface area contributed by atoms with E-state index in [9.17, 15) is 5.11 Å². The van der Waals surface area contributed by atoms with Gasteiger partial charge in [0.05, 0.1) is 6.10 Å². The van der Waals surface area contributed by atoms with E-state index in [0.717, 1.165) is 12.8 Å². The second kappa shape index (κ2) is 7.77. The van der Waals surface area contributed by atoms with Crippen molar-refractivity contribution in [3.05, 3.63) is 35.9 Å². The number of benzene rings is 1. The monoisotopic (exact) mass is 277 g/mol. The molecule has 4 N–H and O–H groups in total. The Kier molecular flexibility index (Phi) is 6.02. The minimum Gasteiger partial charge on any atom is -0.396 e. The Bertz CT molecular complexity index is 382. The summed E-state index contributed by atoms with van der Waals surface area (Å²) in [4.78, 5) is 0. The third-order valence-corrected chi connectivity index (χ3v) is 4.59. The minimum atomic E-state index is -0.418. The lowest BCUT2D eigenvalue weighted by atomic mass is 9.71. The van der Waals surface area contributed by atoms with Crippen LogP contribution in [-0.4, -0.2) is 29.0 Å². The van der Waals surface area contributed by atoms with Crippen molar-refractivity contribution < 1.29 is 10.2 Å². The molecule has 1 aliphatic carbocycles. The lowest BCUT2D eigenvalue weighted by Gasteiger charge is -2.38. The lowest BCUT2D eigenvalue weighted by Crippen LogP contribution is -2.40. The molecule has 1 aromatic rings. The van der Waals surface area contributed by atoms with Crippen molar-refractivity contribution in [3.63, 3.8) is 0 Å². The first kappa shape index (κ1) is 15.5. The predicted octanol–water partition coefficient (Wildman–Crippen LogP) is 2.42. The molecule has 20 heavy (non-hydrogen) atoms. The quantitative estimate of drug-likeness (QED) is 0.748. The van der Waals surface area contributed by atoms with Crippen molar-refractivity contribution in [2.24, 2.45) is 11.7 Å². The molecule has 0 aliphatic heterocycles. The first-order valence-corrected chi connectivity index (χ1v) is 7.83. The molecule has 1 aliphatic rings. The Hall–Kier alpha value is -0.900. The zero-order chi connectivity index (χ0) is 14.4. The molecule has 0 aromatic heterocycles. The average Bonchev–Trinajstić information content (AvgIpc) is 2.48. The molecule has 4 atom stereocenters. The Morgan fingerprint density at radius 1 is 1.15 bits per heavy atom. The highest BCUT2D eigenvalue weighted by Gasteiger charge is 2.34. The van der Waals surface area contributed by atoms with Gasteiger partial charge in [0.2, 0.25) is 0 Å². The van der Waals surface area contributed by atoms with Crippen LogP contribution < -0.4 is 5.73 Å². The maximum Gasteiger partial charge on any atom is 0.0612 e. The maximum atomic E-state index is 10.6. The normalized spacial score (nSPS) is 26.1. The van der Waals surface area contributed by atoms with E-state index in [2.05, 4.69) is 12.1 Å². The number of aliphatic hydroxyl groups excluding tert-OH is 2. The number of rotatable bonds is 6. The Morgan fingerprint density at radius 2 is 1.85 bits per heavy atom. The van der Waals surface area contributed by atoms with E-state index in [4.69, 9.17) is 10.8 Å². The van der Waals surface area contributed by atoms with Crippen LogP contribution >= 0.6 is 0 Å². The fourth-order valence-electron chi connectivity index (χ4n) is 3.54. The number of hydrogen-bond donors (Lipinski definition) is 3. The summed E-state index contributed by atoms with van der Waals surface area (Å²) in [6, 6.07) is 10.4. The molecule has 3 nitrogen and oxygen atoms in total. The van der Waals surface area contributed by atoms with Crippen LogP contribution in [0.5, 0.6) is 0 Å². The van der Waals surface area contributed by atoms with Gasteiger partial charge in [0.15, 0.2) is 0 Å². The summed E-state index contributed by atoms with van der Waals surface area (Å²) >= 11 is 0. The van der Waals surface area contributed by atoms with Crippen molar-refractivity contribution >= 4 is 0 Å². The molecule has 1 aromatic carbocycles. The van der Waals surface area contributed by atoms with Gasteiger partial charge >= 0.3 is 0 Å². The summed E-state index contributed by atoms with van der Waals surface area (Å²) in [6.07, 6.45) is 5.42. The van der Waals surface area contributed by atoms with Crippen LogP contribution in [0.2, 0.25) is 0 Å². The van der Waals surface area contributed by atoms with E-state index in [0.29, 0.717) is 18.8 Å². The van der Waals surface area contributed by atoms with Gasteiger partial charge in [-0.1, -0.05) is 43.2 Å². The van der Waals surface area contributed by atoms with Crippen LogP contribution in [-0.2, 0) is 0 Å². The van der Waals surface area contributed by atoms with Crippen LogP contribution in [0.4, 0.5) is 0 Å². The van der Waals surface area contributed by atoms with Crippen molar-refractivity contribution in [1.29, 1.82) is 0 Å². The molecule has 2 rings (SSSR count). The third kappa shape index (κ3) is 3.81. The number of aliphatic hydroxyl groups is 2. The molecule has 1 saturated carbocycles. The van der Waals surface area contributed by atoms with E-state index in [1.54, 1.807) is 0 Å². The molecular formula is C17H27NO2. The fraction of sp³-hybridized carbons (Fsp3) is 0.647. The van der Waals surface area contributed by atoms with Crippen LogP contribution in [0.3, 0.4) is 0 Å². The Labute approximate surface area is 121 Å². The summed E-state index contributed by atoms with van der Waals surface area (Å²) in [5.74, 6) is 0.442. The van der Waals surface area contributed by atoms with Crippen molar-refractivity contribution in [2.75, 3.05) is 6.61 Å². The van der Waals surface area contributed by atoms with Crippen molar-refractivity contribution in [3.8, 4) is 0 Å². The molecule has 0 bridgehead atoms. The molecule has 0 saturated heterocycles. The van der Waals surface area contributed by atoms with E-state index < -0.39 is 6.10 Å². The molecule has 0 amide bonds. The van der Waals surface area contributed by atoms with Crippen LogP contribution in [0.1, 0.15) is 50.0 Å². The molecule has 1 fully saturated rings. The number of nitrogens with two attached hydrogens (primary N) is 1. The van der Waals surface area contributed by atoms with Gasteiger partial charge in [-0.2, -0.15) is 0 Å². The molecule has 112 valence electrons. The SMILES string of the molecule is N[C@H]1CCCC[C@H]1C(c1ccccc1)C(O)CCCO. The van der Waals surface area contributed by atoms with Gasteiger partial charge < -0.3 is 15.9 Å². The van der Waals surface area contributed by atoms with Gasteiger partial charge in [-0.25, -0.2) is 0 Å². The van der Waals surface area contributed by atoms with E-state index >= 15 is 0 Å². The fourth-order valence-corrected chi connectivity index (χ4v) is 3.54. The van der Waals surface area contributed by atoms with E-state index in [-0.39, 0.29) is 18.6 Å². The molecule has 3 heteroatoms. The summed E-state index contributed by atoms with van der Waals surface area (Å²) in [6.45, 7) is 0.134. The molecule has 2 unspecified atom stereocenters. The molecule has 0 heterocycles. The first-order valence-electron chi connectivity index (χ1n) is 7.83. The van der Waals surface area contributed by atoms with Gasteiger partial charge in [0, 0.05) is 18.6 Å². The van der Waals surface area contributed by atoms with Crippen molar-refractivity contribution in [1.82, 2.24) is 0 Å². The third-order valence-electron chi connectivity index (χ3n) is 4.59. The number of hydrogen-bond acceptors (Lipinski definition) is 3. The molecular weight excluding hydrogens is 250 g/mol. The first-order chi connectivity index (χ1) is 9.74. The Balaban J connectivity index is 2.19.